The fourth-order valence-electron chi connectivity index (χ4n) is 2.62. The van der Waals surface area contributed by atoms with E-state index < -0.39 is 0 Å². The first-order chi connectivity index (χ1) is 6.29. The van der Waals surface area contributed by atoms with Gasteiger partial charge in [-0.15, -0.1) is 0 Å². The third-order valence-electron chi connectivity index (χ3n) is 3.79. The zero-order valence-electron chi connectivity index (χ0n) is 9.00. The predicted molar refractivity (Wildman–Crippen MR) is 55.9 cm³/mol. The second-order valence-electron chi connectivity index (χ2n) is 4.76. The Labute approximate surface area is 81.9 Å². The average molecular weight is 182 g/mol. The Kier molecular flexibility index (Phi) is 2.89. The molecular formula is C11H22N2. The van der Waals surface area contributed by atoms with Crippen LogP contribution in [-0.2, 0) is 0 Å². The summed E-state index contributed by atoms with van der Waals surface area (Å²) < 4.78 is 0. The van der Waals surface area contributed by atoms with E-state index in [-0.39, 0.29) is 0 Å². The van der Waals surface area contributed by atoms with Crippen LogP contribution in [0, 0.1) is 5.92 Å². The van der Waals surface area contributed by atoms with Gasteiger partial charge in [0.05, 0.1) is 0 Å². The number of nitrogens with zero attached hydrogens (tertiary/aromatic N) is 2. The van der Waals surface area contributed by atoms with Crippen LogP contribution < -0.4 is 0 Å². The molecule has 0 aromatic heterocycles. The third kappa shape index (κ3) is 2.05. The smallest absolute Gasteiger partial charge is 0.0350 e. The van der Waals surface area contributed by atoms with Crippen LogP contribution in [-0.4, -0.2) is 49.1 Å². The van der Waals surface area contributed by atoms with Gasteiger partial charge < -0.3 is 4.90 Å². The summed E-state index contributed by atoms with van der Waals surface area (Å²) in [6.07, 6.45) is 4.27. The molecule has 0 aromatic rings. The summed E-state index contributed by atoms with van der Waals surface area (Å²) in [7, 11) is 2.22. The molecule has 2 rings (SSSR count). The Bertz CT molecular complexity index is 155. The highest BCUT2D eigenvalue weighted by molar-refractivity contribution is 4.88. The molecule has 0 atom stereocenters. The lowest BCUT2D eigenvalue weighted by atomic mass is 9.92. The maximum atomic E-state index is 2.70. The van der Waals surface area contributed by atoms with Gasteiger partial charge in [0, 0.05) is 19.1 Å². The van der Waals surface area contributed by atoms with E-state index in [9.17, 15) is 0 Å². The lowest BCUT2D eigenvalue weighted by molar-refractivity contribution is 0.0290. The number of piperidine rings is 1. The van der Waals surface area contributed by atoms with Gasteiger partial charge in [0.2, 0.25) is 0 Å². The van der Waals surface area contributed by atoms with Crippen molar-refractivity contribution in [1.29, 1.82) is 0 Å². The van der Waals surface area contributed by atoms with Crippen molar-refractivity contribution in [2.45, 2.75) is 32.2 Å². The van der Waals surface area contributed by atoms with Crippen LogP contribution in [0.5, 0.6) is 0 Å². The van der Waals surface area contributed by atoms with Gasteiger partial charge in [0.25, 0.3) is 0 Å². The summed E-state index contributed by atoms with van der Waals surface area (Å²) in [6, 6.07) is 0.891. The molecule has 76 valence electrons. The van der Waals surface area contributed by atoms with Gasteiger partial charge >= 0.3 is 0 Å². The third-order valence-corrected chi connectivity index (χ3v) is 3.79. The first-order valence-corrected chi connectivity index (χ1v) is 5.72. The molecule has 13 heavy (non-hydrogen) atoms. The van der Waals surface area contributed by atoms with E-state index in [0.717, 1.165) is 12.0 Å². The van der Waals surface area contributed by atoms with Crippen LogP contribution in [0.1, 0.15) is 26.2 Å². The summed E-state index contributed by atoms with van der Waals surface area (Å²) in [6.45, 7) is 7.65. The Morgan fingerprint density at radius 1 is 1.15 bits per heavy atom. The van der Waals surface area contributed by atoms with Crippen LogP contribution in [0.25, 0.3) is 0 Å². The molecule has 2 aliphatic rings. The van der Waals surface area contributed by atoms with Gasteiger partial charge in [0.1, 0.15) is 0 Å². The number of hydrogen-bond donors (Lipinski definition) is 0. The van der Waals surface area contributed by atoms with Crippen molar-refractivity contribution in [3.63, 3.8) is 0 Å². The number of rotatable bonds is 2. The van der Waals surface area contributed by atoms with Crippen LogP contribution >= 0.6 is 0 Å². The molecule has 2 fully saturated rings. The van der Waals surface area contributed by atoms with Crippen molar-refractivity contribution in [2.75, 3.05) is 33.2 Å². The monoisotopic (exact) mass is 182 g/mol. The van der Waals surface area contributed by atoms with Crippen molar-refractivity contribution < 1.29 is 0 Å². The molecule has 0 amide bonds. The molecule has 0 saturated carbocycles. The SMILES string of the molecule is CCC1CCN(C2CN(C)C2)CC1. The van der Waals surface area contributed by atoms with Gasteiger partial charge in [-0.3, -0.25) is 4.90 Å². The number of hydrogen-bond acceptors (Lipinski definition) is 2. The zero-order valence-corrected chi connectivity index (χ0v) is 9.00. The number of likely N-dealkylation sites (tertiary alicyclic amines) is 2. The molecule has 0 spiro atoms. The molecule has 0 aliphatic carbocycles. The molecule has 2 saturated heterocycles. The van der Waals surface area contributed by atoms with Gasteiger partial charge in [-0.05, 0) is 38.9 Å². The highest BCUT2D eigenvalue weighted by atomic mass is 15.3. The summed E-state index contributed by atoms with van der Waals surface area (Å²) in [4.78, 5) is 5.11. The second-order valence-corrected chi connectivity index (χ2v) is 4.76. The van der Waals surface area contributed by atoms with Crippen molar-refractivity contribution in [3.05, 3.63) is 0 Å². The molecule has 0 aromatic carbocycles. The van der Waals surface area contributed by atoms with E-state index in [4.69, 9.17) is 0 Å². The summed E-state index contributed by atoms with van der Waals surface area (Å²) in [5.41, 5.74) is 0. The van der Waals surface area contributed by atoms with Gasteiger partial charge in [-0.2, -0.15) is 0 Å². The van der Waals surface area contributed by atoms with Crippen molar-refractivity contribution >= 4 is 0 Å². The quantitative estimate of drug-likeness (QED) is 0.637. The minimum atomic E-state index is 0.891. The van der Waals surface area contributed by atoms with Crippen LogP contribution in [0.4, 0.5) is 0 Å². The molecule has 0 unspecified atom stereocenters. The van der Waals surface area contributed by atoms with Crippen molar-refractivity contribution in [1.82, 2.24) is 9.80 Å². The average Bonchev–Trinajstić information content (AvgIpc) is 2.13. The second kappa shape index (κ2) is 3.97. The molecular weight excluding hydrogens is 160 g/mol. The zero-order chi connectivity index (χ0) is 9.26. The van der Waals surface area contributed by atoms with E-state index in [1.54, 1.807) is 0 Å². The minimum absolute atomic E-state index is 0.891. The maximum Gasteiger partial charge on any atom is 0.0350 e. The summed E-state index contributed by atoms with van der Waals surface area (Å²) in [5, 5.41) is 0. The van der Waals surface area contributed by atoms with E-state index in [2.05, 4.69) is 23.8 Å². The molecule has 0 bridgehead atoms. The lowest BCUT2D eigenvalue weighted by Crippen LogP contribution is -2.59. The van der Waals surface area contributed by atoms with Crippen molar-refractivity contribution in [3.8, 4) is 0 Å². The van der Waals surface area contributed by atoms with Crippen molar-refractivity contribution in [2.24, 2.45) is 5.92 Å². The highest BCUT2D eigenvalue weighted by Crippen LogP contribution is 2.23. The van der Waals surface area contributed by atoms with Gasteiger partial charge in [0.15, 0.2) is 0 Å². The standard InChI is InChI=1S/C11H22N2/c1-3-10-4-6-13(7-5-10)11-8-12(2)9-11/h10-11H,3-9H2,1-2H3. The Balaban J connectivity index is 1.72. The Morgan fingerprint density at radius 2 is 1.77 bits per heavy atom. The first kappa shape index (κ1) is 9.47. The maximum absolute atomic E-state index is 2.70. The summed E-state index contributed by atoms with van der Waals surface area (Å²) >= 11 is 0. The van der Waals surface area contributed by atoms with E-state index in [0.29, 0.717) is 0 Å². The van der Waals surface area contributed by atoms with Gasteiger partial charge in [-0.25, -0.2) is 0 Å². The van der Waals surface area contributed by atoms with E-state index >= 15 is 0 Å². The topological polar surface area (TPSA) is 6.48 Å². The van der Waals surface area contributed by atoms with E-state index in [1.165, 1.54) is 45.4 Å². The van der Waals surface area contributed by atoms with Crippen LogP contribution in [0.15, 0.2) is 0 Å². The lowest BCUT2D eigenvalue weighted by Gasteiger charge is -2.46. The first-order valence-electron chi connectivity index (χ1n) is 5.72. The van der Waals surface area contributed by atoms with E-state index in [1.807, 2.05) is 0 Å². The highest BCUT2D eigenvalue weighted by Gasteiger charge is 2.31. The minimum Gasteiger partial charge on any atom is -0.303 e. The fourth-order valence-corrected chi connectivity index (χ4v) is 2.62. The summed E-state index contributed by atoms with van der Waals surface area (Å²) in [5.74, 6) is 1.02. The molecule has 0 radical (unpaired) electrons. The molecule has 2 heterocycles. The fraction of sp³-hybridized carbons (Fsp3) is 1.00. The molecule has 2 heteroatoms. The largest absolute Gasteiger partial charge is 0.303 e. The molecule has 0 N–H and O–H groups in total. The number of likely N-dealkylation sites (N-methyl/N-ethyl adjacent to an activating group) is 1. The Morgan fingerprint density at radius 3 is 2.23 bits per heavy atom. The van der Waals surface area contributed by atoms with Gasteiger partial charge in [-0.1, -0.05) is 13.3 Å². The molecule has 2 aliphatic heterocycles. The normalized spacial score (nSPS) is 29.1. The Hall–Kier alpha value is -0.0800. The molecule has 2 nitrogen and oxygen atoms in total. The predicted octanol–water partition coefficient (Wildman–Crippen LogP) is 1.42. The van der Waals surface area contributed by atoms with Crippen LogP contribution in [0.2, 0.25) is 0 Å². The van der Waals surface area contributed by atoms with Crippen LogP contribution in [0.3, 0.4) is 0 Å².